The van der Waals surface area contributed by atoms with E-state index in [1.807, 2.05) is 0 Å². The number of aromatic nitrogens is 1. The molecule has 1 saturated heterocycles. The second-order valence-electron chi connectivity index (χ2n) is 8.91. The lowest BCUT2D eigenvalue weighted by Gasteiger charge is -2.38. The largest absolute Gasteiger partial charge is 0.493 e. The number of esters is 1. The molecule has 1 fully saturated rings. The molecule has 1 aromatic carbocycles. The summed E-state index contributed by atoms with van der Waals surface area (Å²) in [5, 5.41) is 0.738. The van der Waals surface area contributed by atoms with E-state index in [0.717, 1.165) is 0 Å². The zero-order valence-electron chi connectivity index (χ0n) is 19.8. The molecule has 1 amide bonds. The Morgan fingerprint density at radius 1 is 1.09 bits per heavy atom. The van der Waals surface area contributed by atoms with Crippen LogP contribution in [0.2, 0.25) is 10.0 Å². The van der Waals surface area contributed by atoms with Gasteiger partial charge in [-0.15, -0.1) is 0 Å². The van der Waals surface area contributed by atoms with Gasteiger partial charge in [0.25, 0.3) is 0 Å². The predicted octanol–water partition coefficient (Wildman–Crippen LogP) is 5.10. The number of rotatable bonds is 7. The Bertz CT molecular complexity index is 1030. The van der Waals surface area contributed by atoms with Crippen LogP contribution in [0.1, 0.15) is 38.0 Å². The van der Waals surface area contributed by atoms with Crippen LogP contribution in [-0.2, 0) is 20.7 Å². The first-order valence-corrected chi connectivity index (χ1v) is 11.5. The monoisotopic (exact) mass is 510 g/mol. The summed E-state index contributed by atoms with van der Waals surface area (Å²) in [5.41, 5.74) is 0.678. The van der Waals surface area contributed by atoms with Gasteiger partial charge in [-0.3, -0.25) is 9.78 Å². The zero-order valence-corrected chi connectivity index (χ0v) is 21.3. The third-order valence-corrected chi connectivity index (χ3v) is 5.90. The van der Waals surface area contributed by atoms with Crippen LogP contribution in [0.4, 0.5) is 4.79 Å². The molecule has 0 unspecified atom stereocenters. The second-order valence-corrected chi connectivity index (χ2v) is 9.72. The molecular formula is C24H28Cl2N2O6. The summed E-state index contributed by atoms with van der Waals surface area (Å²) in [6.45, 7) is 5.82. The Hall–Kier alpha value is -2.71. The van der Waals surface area contributed by atoms with Crippen LogP contribution in [0.15, 0.2) is 30.6 Å². The minimum absolute atomic E-state index is 0.225. The van der Waals surface area contributed by atoms with Crippen LogP contribution in [0, 0.1) is 5.92 Å². The second kappa shape index (κ2) is 10.7. The molecule has 0 radical (unpaired) electrons. The van der Waals surface area contributed by atoms with Crippen molar-refractivity contribution in [2.75, 3.05) is 27.3 Å². The fraction of sp³-hybridized carbons (Fsp3) is 0.458. The van der Waals surface area contributed by atoms with Crippen molar-refractivity contribution in [3.8, 4) is 11.5 Å². The fourth-order valence-corrected chi connectivity index (χ4v) is 3.96. The highest BCUT2D eigenvalue weighted by Gasteiger charge is 2.40. The van der Waals surface area contributed by atoms with Crippen molar-refractivity contribution in [1.29, 1.82) is 0 Å². The van der Waals surface area contributed by atoms with Crippen molar-refractivity contribution in [1.82, 2.24) is 9.88 Å². The average Bonchev–Trinajstić information content (AvgIpc) is 2.72. The summed E-state index contributed by atoms with van der Waals surface area (Å²) in [6.07, 6.45) is 2.04. The van der Waals surface area contributed by atoms with Crippen LogP contribution in [0.25, 0.3) is 0 Å². The third kappa shape index (κ3) is 6.24. The third-order valence-electron chi connectivity index (χ3n) is 5.25. The number of likely N-dealkylation sites (tertiary alicyclic amines) is 1. The Morgan fingerprint density at radius 2 is 1.71 bits per heavy atom. The summed E-state index contributed by atoms with van der Waals surface area (Å²) in [7, 11) is 3.07. The number of hydrogen-bond acceptors (Lipinski definition) is 7. The molecule has 34 heavy (non-hydrogen) atoms. The number of benzene rings is 1. The summed E-state index contributed by atoms with van der Waals surface area (Å²) in [4.78, 5) is 30.6. The Balaban J connectivity index is 1.78. The van der Waals surface area contributed by atoms with E-state index in [1.54, 1.807) is 46.1 Å². The topological polar surface area (TPSA) is 87.2 Å². The lowest BCUT2D eigenvalue weighted by Crippen LogP contribution is -2.54. The van der Waals surface area contributed by atoms with Gasteiger partial charge in [-0.2, -0.15) is 0 Å². The molecule has 0 aliphatic carbocycles. The molecule has 1 aliphatic rings. The summed E-state index contributed by atoms with van der Waals surface area (Å²) in [5.74, 6) is 0.149. The van der Waals surface area contributed by atoms with Gasteiger partial charge in [-0.25, -0.2) is 4.79 Å². The number of methoxy groups -OCH3 is 2. The number of amides is 1. The quantitative estimate of drug-likeness (QED) is 0.478. The van der Waals surface area contributed by atoms with Gasteiger partial charge in [0, 0.05) is 31.9 Å². The minimum atomic E-state index is -0.708. The number of nitrogens with zero attached hydrogens (tertiary/aromatic N) is 2. The van der Waals surface area contributed by atoms with Crippen LogP contribution in [0.5, 0.6) is 11.5 Å². The molecular weight excluding hydrogens is 483 g/mol. The van der Waals surface area contributed by atoms with Crippen LogP contribution in [0.3, 0.4) is 0 Å². The lowest BCUT2D eigenvalue weighted by atomic mass is 9.99. The fourth-order valence-electron chi connectivity index (χ4n) is 3.44. The smallest absolute Gasteiger partial charge is 0.410 e. The van der Waals surface area contributed by atoms with E-state index in [2.05, 4.69) is 4.98 Å². The van der Waals surface area contributed by atoms with E-state index in [-0.39, 0.29) is 19.5 Å². The van der Waals surface area contributed by atoms with Gasteiger partial charge in [0.05, 0.1) is 30.2 Å². The summed E-state index contributed by atoms with van der Waals surface area (Å²) >= 11 is 12.6. The molecule has 0 saturated carbocycles. The van der Waals surface area contributed by atoms with Gasteiger partial charge < -0.3 is 23.8 Å². The maximum absolute atomic E-state index is 13.0. The van der Waals surface area contributed by atoms with Crippen LogP contribution in [-0.4, -0.2) is 54.9 Å². The molecule has 0 N–H and O–H groups in total. The molecule has 0 spiro atoms. The van der Waals surface area contributed by atoms with Crippen molar-refractivity contribution < 1.29 is 28.5 Å². The minimum Gasteiger partial charge on any atom is -0.493 e. The lowest BCUT2D eigenvalue weighted by molar-refractivity contribution is -0.159. The van der Waals surface area contributed by atoms with Gasteiger partial charge in [-0.05, 0) is 44.0 Å². The van der Waals surface area contributed by atoms with E-state index in [9.17, 15) is 9.59 Å². The van der Waals surface area contributed by atoms with E-state index in [1.165, 1.54) is 24.4 Å². The van der Waals surface area contributed by atoms with Gasteiger partial charge in [-0.1, -0.05) is 29.3 Å². The zero-order chi connectivity index (χ0) is 25.0. The molecule has 2 heterocycles. The van der Waals surface area contributed by atoms with E-state index >= 15 is 0 Å². The number of hydrogen-bond donors (Lipinski definition) is 0. The maximum Gasteiger partial charge on any atom is 0.410 e. The Morgan fingerprint density at radius 3 is 2.26 bits per heavy atom. The van der Waals surface area contributed by atoms with Crippen molar-refractivity contribution in [2.45, 2.75) is 38.9 Å². The van der Waals surface area contributed by atoms with Crippen molar-refractivity contribution in [2.24, 2.45) is 5.92 Å². The highest BCUT2D eigenvalue weighted by atomic mass is 35.5. The number of halogens is 2. The van der Waals surface area contributed by atoms with Gasteiger partial charge in [0.1, 0.15) is 11.7 Å². The first-order chi connectivity index (χ1) is 16.0. The van der Waals surface area contributed by atoms with Gasteiger partial charge in [0.15, 0.2) is 11.5 Å². The molecule has 1 aromatic heterocycles. The molecule has 8 nitrogen and oxygen atoms in total. The number of carbonyl (C=O) groups excluding carboxylic acids is 2. The number of carbonyl (C=O) groups is 2. The standard InChI is InChI=1S/C24H28Cl2N2O6/c1-24(2,3)34-23(30)28-12-15(13-28)22(29)33-20(9-16-17(25)10-27-11-18(16)26)14-6-7-19(31-4)21(8-14)32-5/h6-8,10-11,15,20H,9,12-13H2,1-5H3/t20-/m0/s1. The SMILES string of the molecule is COc1ccc([C@H](Cc2c(Cl)cncc2Cl)OC(=O)C2CN(C(=O)OC(C)(C)C)C2)cc1OC. The van der Waals surface area contributed by atoms with E-state index in [4.69, 9.17) is 42.1 Å². The average molecular weight is 511 g/mol. The van der Waals surface area contributed by atoms with Crippen molar-refractivity contribution >= 4 is 35.3 Å². The highest BCUT2D eigenvalue weighted by molar-refractivity contribution is 6.35. The van der Waals surface area contributed by atoms with Crippen LogP contribution < -0.4 is 9.47 Å². The summed E-state index contributed by atoms with van der Waals surface area (Å²) < 4.78 is 22.0. The molecule has 10 heteroatoms. The highest BCUT2D eigenvalue weighted by Crippen LogP contribution is 2.36. The first-order valence-electron chi connectivity index (χ1n) is 10.7. The normalized spacial score (nSPS) is 14.7. The maximum atomic E-state index is 13.0. The molecule has 3 rings (SSSR count). The van der Waals surface area contributed by atoms with Gasteiger partial charge >= 0.3 is 12.1 Å². The summed E-state index contributed by atoms with van der Waals surface area (Å²) in [6, 6.07) is 5.27. The number of ether oxygens (including phenoxy) is 4. The predicted molar refractivity (Wildman–Crippen MR) is 128 cm³/mol. The van der Waals surface area contributed by atoms with Crippen molar-refractivity contribution in [3.05, 3.63) is 51.8 Å². The van der Waals surface area contributed by atoms with Gasteiger partial charge in [0.2, 0.25) is 0 Å². The number of pyridine rings is 1. The molecule has 184 valence electrons. The Kier molecular flexibility index (Phi) is 8.15. The van der Waals surface area contributed by atoms with E-state index < -0.39 is 29.7 Å². The molecule has 0 bridgehead atoms. The molecule has 1 aliphatic heterocycles. The van der Waals surface area contributed by atoms with Crippen LogP contribution >= 0.6 is 23.2 Å². The molecule has 2 aromatic rings. The first kappa shape index (κ1) is 25.9. The van der Waals surface area contributed by atoms with E-state index in [0.29, 0.717) is 32.7 Å². The molecule has 1 atom stereocenters. The Labute approximate surface area is 209 Å². The van der Waals surface area contributed by atoms with Crippen molar-refractivity contribution in [3.63, 3.8) is 0 Å².